The lowest BCUT2D eigenvalue weighted by molar-refractivity contribution is 0.0941. The number of thiophene rings is 1. The molecule has 0 bridgehead atoms. The third-order valence-corrected chi connectivity index (χ3v) is 4.39. The summed E-state index contributed by atoms with van der Waals surface area (Å²) in [5.74, 6) is -0.0242. The molecule has 0 saturated heterocycles. The fraction of sp³-hybridized carbons (Fsp3) is 0.353. The van der Waals surface area contributed by atoms with E-state index in [1.807, 2.05) is 39.1 Å². The van der Waals surface area contributed by atoms with Gasteiger partial charge in [-0.2, -0.15) is 0 Å². The number of hydrogen-bond donors (Lipinski definition) is 2. The predicted molar refractivity (Wildman–Crippen MR) is 90.4 cm³/mol. The molecule has 112 valence electrons. The van der Waals surface area contributed by atoms with Crippen molar-refractivity contribution in [3.05, 3.63) is 51.2 Å². The topological polar surface area (TPSA) is 41.1 Å². The van der Waals surface area contributed by atoms with Crippen molar-refractivity contribution >= 4 is 22.9 Å². The van der Waals surface area contributed by atoms with Crippen molar-refractivity contribution in [1.29, 1.82) is 0 Å². The van der Waals surface area contributed by atoms with Crippen molar-refractivity contribution < 1.29 is 4.79 Å². The Labute approximate surface area is 130 Å². The summed E-state index contributed by atoms with van der Waals surface area (Å²) in [5, 5.41) is 6.15. The van der Waals surface area contributed by atoms with Crippen LogP contribution in [0.25, 0.3) is 0 Å². The molecule has 1 aromatic heterocycles. The van der Waals surface area contributed by atoms with Crippen molar-refractivity contribution in [2.24, 2.45) is 0 Å². The maximum atomic E-state index is 12.4. The highest BCUT2D eigenvalue weighted by atomic mass is 32.1. The van der Waals surface area contributed by atoms with Crippen molar-refractivity contribution in [1.82, 2.24) is 5.32 Å². The van der Waals surface area contributed by atoms with E-state index >= 15 is 0 Å². The zero-order valence-electron chi connectivity index (χ0n) is 13.0. The van der Waals surface area contributed by atoms with Crippen LogP contribution in [0.15, 0.2) is 30.3 Å². The largest absolute Gasteiger partial charge is 0.387 e. The van der Waals surface area contributed by atoms with E-state index in [4.69, 9.17) is 0 Å². The molecule has 4 heteroatoms. The molecule has 0 aliphatic rings. The minimum absolute atomic E-state index is 0.0242. The molecule has 1 aromatic carbocycles. The molecule has 1 heterocycles. The lowest BCUT2D eigenvalue weighted by Crippen LogP contribution is -2.34. The number of aryl methyl sites for hydroxylation is 2. The standard InChI is InChI=1S/C17H22N2OS/c1-11-5-8-16(18-4)15(9-11)17(20)19-12(2)10-14-7-6-13(3)21-14/h5-9,12,18H,10H2,1-4H3,(H,19,20). The summed E-state index contributed by atoms with van der Waals surface area (Å²) in [5.41, 5.74) is 2.64. The Morgan fingerprint density at radius 2 is 2.00 bits per heavy atom. The SMILES string of the molecule is CNc1ccc(C)cc1C(=O)NC(C)Cc1ccc(C)s1. The molecule has 0 spiro atoms. The fourth-order valence-electron chi connectivity index (χ4n) is 2.31. The average Bonchev–Trinajstić information content (AvgIpc) is 2.83. The summed E-state index contributed by atoms with van der Waals surface area (Å²) in [7, 11) is 1.83. The second-order valence-electron chi connectivity index (χ2n) is 5.39. The molecule has 0 fully saturated rings. The van der Waals surface area contributed by atoms with E-state index in [1.54, 1.807) is 11.3 Å². The van der Waals surface area contributed by atoms with Gasteiger partial charge in [0.15, 0.2) is 0 Å². The van der Waals surface area contributed by atoms with E-state index in [1.165, 1.54) is 9.75 Å². The summed E-state index contributed by atoms with van der Waals surface area (Å²) >= 11 is 1.79. The third-order valence-electron chi connectivity index (χ3n) is 3.37. The number of carbonyl (C=O) groups is 1. The van der Waals surface area contributed by atoms with Crippen LogP contribution in [-0.4, -0.2) is 19.0 Å². The number of rotatable bonds is 5. The van der Waals surface area contributed by atoms with Gasteiger partial charge in [-0.15, -0.1) is 11.3 Å². The fourth-order valence-corrected chi connectivity index (χ4v) is 3.33. The second-order valence-corrected chi connectivity index (χ2v) is 6.76. The van der Waals surface area contributed by atoms with Crippen LogP contribution in [-0.2, 0) is 6.42 Å². The number of benzene rings is 1. The van der Waals surface area contributed by atoms with Crippen LogP contribution in [0.3, 0.4) is 0 Å². The van der Waals surface area contributed by atoms with Gasteiger partial charge in [-0.05, 0) is 45.0 Å². The van der Waals surface area contributed by atoms with Gasteiger partial charge in [-0.3, -0.25) is 4.79 Å². The van der Waals surface area contributed by atoms with Gasteiger partial charge in [0.25, 0.3) is 5.91 Å². The van der Waals surface area contributed by atoms with Crippen LogP contribution >= 0.6 is 11.3 Å². The first kappa shape index (κ1) is 15.6. The Kier molecular flexibility index (Phi) is 5.02. The lowest BCUT2D eigenvalue weighted by Gasteiger charge is -2.15. The highest BCUT2D eigenvalue weighted by molar-refractivity contribution is 7.11. The number of hydrogen-bond acceptors (Lipinski definition) is 3. The van der Waals surface area contributed by atoms with Gasteiger partial charge in [-0.25, -0.2) is 0 Å². The molecule has 0 radical (unpaired) electrons. The monoisotopic (exact) mass is 302 g/mol. The normalized spacial score (nSPS) is 12.0. The van der Waals surface area contributed by atoms with Gasteiger partial charge >= 0.3 is 0 Å². The molecule has 0 aliphatic heterocycles. The molecular formula is C17H22N2OS. The minimum Gasteiger partial charge on any atom is -0.387 e. The second kappa shape index (κ2) is 6.76. The van der Waals surface area contributed by atoms with E-state index in [9.17, 15) is 4.79 Å². The quantitative estimate of drug-likeness (QED) is 0.883. The van der Waals surface area contributed by atoms with Crippen molar-refractivity contribution in [3.63, 3.8) is 0 Å². The summed E-state index contributed by atoms with van der Waals surface area (Å²) in [6.07, 6.45) is 0.866. The van der Waals surface area contributed by atoms with Crippen LogP contribution < -0.4 is 10.6 Å². The first-order valence-corrected chi connectivity index (χ1v) is 7.96. The van der Waals surface area contributed by atoms with E-state index < -0.39 is 0 Å². The number of anilines is 1. The average molecular weight is 302 g/mol. The molecule has 3 nitrogen and oxygen atoms in total. The van der Waals surface area contributed by atoms with Gasteiger partial charge in [0, 0.05) is 35.0 Å². The van der Waals surface area contributed by atoms with Gasteiger partial charge in [-0.1, -0.05) is 11.6 Å². The summed E-state index contributed by atoms with van der Waals surface area (Å²) in [6, 6.07) is 10.2. The molecule has 1 amide bonds. The zero-order chi connectivity index (χ0) is 15.4. The Bertz CT molecular complexity index is 633. The molecule has 2 rings (SSSR count). The van der Waals surface area contributed by atoms with Crippen LogP contribution in [0.4, 0.5) is 5.69 Å². The van der Waals surface area contributed by atoms with Crippen molar-refractivity contribution in [2.45, 2.75) is 33.2 Å². The molecule has 1 unspecified atom stereocenters. The first-order chi connectivity index (χ1) is 9.99. The molecule has 0 aliphatic carbocycles. The Morgan fingerprint density at radius 3 is 2.62 bits per heavy atom. The summed E-state index contributed by atoms with van der Waals surface area (Å²) < 4.78 is 0. The molecular weight excluding hydrogens is 280 g/mol. The highest BCUT2D eigenvalue weighted by Gasteiger charge is 2.14. The van der Waals surface area contributed by atoms with E-state index in [0.717, 1.165) is 17.7 Å². The van der Waals surface area contributed by atoms with Crippen molar-refractivity contribution in [3.8, 4) is 0 Å². The Morgan fingerprint density at radius 1 is 1.24 bits per heavy atom. The van der Waals surface area contributed by atoms with Gasteiger partial charge in [0.1, 0.15) is 0 Å². The lowest BCUT2D eigenvalue weighted by atomic mass is 10.1. The van der Waals surface area contributed by atoms with Crippen LogP contribution in [0.2, 0.25) is 0 Å². The van der Waals surface area contributed by atoms with Gasteiger partial charge in [0.2, 0.25) is 0 Å². The van der Waals surface area contributed by atoms with E-state index in [2.05, 4.69) is 29.7 Å². The van der Waals surface area contributed by atoms with E-state index in [0.29, 0.717) is 5.56 Å². The van der Waals surface area contributed by atoms with Crippen LogP contribution in [0.1, 0.15) is 32.6 Å². The maximum Gasteiger partial charge on any atom is 0.253 e. The molecule has 21 heavy (non-hydrogen) atoms. The number of nitrogens with one attached hydrogen (secondary N) is 2. The Hall–Kier alpha value is -1.81. The molecule has 2 N–H and O–H groups in total. The number of amides is 1. The first-order valence-electron chi connectivity index (χ1n) is 7.14. The predicted octanol–water partition coefficient (Wildman–Crippen LogP) is 3.77. The molecule has 2 aromatic rings. The minimum atomic E-state index is -0.0242. The summed E-state index contributed by atoms with van der Waals surface area (Å²) in [6.45, 7) is 6.14. The smallest absolute Gasteiger partial charge is 0.253 e. The molecule has 0 saturated carbocycles. The van der Waals surface area contributed by atoms with Gasteiger partial charge in [0.05, 0.1) is 5.56 Å². The maximum absolute atomic E-state index is 12.4. The van der Waals surface area contributed by atoms with Crippen LogP contribution in [0, 0.1) is 13.8 Å². The van der Waals surface area contributed by atoms with Crippen LogP contribution in [0.5, 0.6) is 0 Å². The number of carbonyl (C=O) groups excluding carboxylic acids is 1. The zero-order valence-corrected chi connectivity index (χ0v) is 13.8. The van der Waals surface area contributed by atoms with Crippen molar-refractivity contribution in [2.75, 3.05) is 12.4 Å². The van der Waals surface area contributed by atoms with Gasteiger partial charge < -0.3 is 10.6 Å². The van der Waals surface area contributed by atoms with E-state index in [-0.39, 0.29) is 11.9 Å². The molecule has 1 atom stereocenters. The highest BCUT2D eigenvalue weighted by Crippen LogP contribution is 2.19. The summed E-state index contributed by atoms with van der Waals surface area (Å²) in [4.78, 5) is 15.0. The Balaban J connectivity index is 2.05. The third kappa shape index (κ3) is 4.08.